The number of rotatable bonds is 2. The molecular weight excluding hydrogens is 216 g/mol. The van der Waals surface area contributed by atoms with E-state index >= 15 is 0 Å². The summed E-state index contributed by atoms with van der Waals surface area (Å²) in [6.45, 7) is 6.24. The maximum Gasteiger partial charge on any atom is 0.0798 e. The lowest BCUT2D eigenvalue weighted by Gasteiger charge is -2.12. The van der Waals surface area contributed by atoms with Crippen molar-refractivity contribution in [2.45, 2.75) is 26.8 Å². The van der Waals surface area contributed by atoms with Gasteiger partial charge in [0.25, 0.3) is 0 Å². The van der Waals surface area contributed by atoms with Gasteiger partial charge in [0.1, 0.15) is 0 Å². The maximum absolute atomic E-state index is 6.25. The summed E-state index contributed by atoms with van der Waals surface area (Å²) < 4.78 is 0. The van der Waals surface area contributed by atoms with Gasteiger partial charge in [0, 0.05) is 4.88 Å². The van der Waals surface area contributed by atoms with Crippen LogP contribution in [0.5, 0.6) is 0 Å². The number of hydrogen-bond donors (Lipinski definition) is 1. The summed E-state index contributed by atoms with van der Waals surface area (Å²) in [4.78, 5) is 5.40. The monoisotopic (exact) mass is 232 g/mol. The highest BCUT2D eigenvalue weighted by Crippen LogP contribution is 2.26. The lowest BCUT2D eigenvalue weighted by molar-refractivity contribution is 0.874. The summed E-state index contributed by atoms with van der Waals surface area (Å²) in [5, 5.41) is 0. The molecule has 1 aromatic heterocycles. The van der Waals surface area contributed by atoms with E-state index in [4.69, 9.17) is 5.73 Å². The Labute approximate surface area is 100 Å². The minimum Gasteiger partial charge on any atom is -0.320 e. The number of hydrogen-bond acceptors (Lipinski definition) is 3. The first-order chi connectivity index (χ1) is 7.59. The fourth-order valence-electron chi connectivity index (χ4n) is 1.72. The highest BCUT2D eigenvalue weighted by atomic mass is 32.1. The molecule has 0 aliphatic rings. The summed E-state index contributed by atoms with van der Waals surface area (Å²) in [7, 11) is 0. The second-order valence-corrected chi connectivity index (χ2v) is 5.01. The Morgan fingerprint density at radius 1 is 1.19 bits per heavy atom. The van der Waals surface area contributed by atoms with Crippen molar-refractivity contribution in [3.8, 4) is 0 Å². The van der Waals surface area contributed by atoms with Gasteiger partial charge in [0.15, 0.2) is 0 Å². The van der Waals surface area contributed by atoms with Gasteiger partial charge in [0.05, 0.1) is 17.2 Å². The van der Waals surface area contributed by atoms with Crippen LogP contribution >= 0.6 is 11.3 Å². The van der Waals surface area contributed by atoms with E-state index in [0.717, 1.165) is 16.1 Å². The van der Waals surface area contributed by atoms with Crippen LogP contribution in [0.4, 0.5) is 0 Å². The van der Waals surface area contributed by atoms with Crippen LogP contribution in [0, 0.1) is 20.8 Å². The highest BCUT2D eigenvalue weighted by molar-refractivity contribution is 7.09. The Morgan fingerprint density at radius 3 is 2.50 bits per heavy atom. The lowest BCUT2D eigenvalue weighted by atomic mass is 10.0. The molecule has 2 rings (SSSR count). The van der Waals surface area contributed by atoms with Crippen LogP contribution < -0.4 is 5.73 Å². The fraction of sp³-hybridized carbons (Fsp3) is 0.308. The van der Waals surface area contributed by atoms with Gasteiger partial charge in [-0.3, -0.25) is 0 Å². The molecule has 1 heterocycles. The van der Waals surface area contributed by atoms with Crippen LogP contribution in [-0.2, 0) is 0 Å². The normalized spacial score (nSPS) is 12.8. The van der Waals surface area contributed by atoms with E-state index in [1.165, 1.54) is 11.1 Å². The second kappa shape index (κ2) is 4.36. The summed E-state index contributed by atoms with van der Waals surface area (Å²) >= 11 is 1.63. The Hall–Kier alpha value is -1.19. The molecule has 0 bridgehead atoms. The molecule has 0 radical (unpaired) electrons. The third kappa shape index (κ3) is 2.01. The Kier molecular flexibility index (Phi) is 3.08. The number of nitrogens with zero attached hydrogens (tertiary/aromatic N) is 1. The van der Waals surface area contributed by atoms with Gasteiger partial charge >= 0.3 is 0 Å². The zero-order valence-corrected chi connectivity index (χ0v) is 10.6. The molecule has 1 aromatic carbocycles. The zero-order chi connectivity index (χ0) is 11.7. The SMILES string of the molecule is Cc1ccc(C(N)c2scnc2C)cc1C. The van der Waals surface area contributed by atoms with Crippen LogP contribution in [0.1, 0.15) is 33.3 Å². The summed E-state index contributed by atoms with van der Waals surface area (Å²) in [6, 6.07) is 6.35. The van der Waals surface area contributed by atoms with E-state index in [1.807, 2.05) is 12.4 Å². The zero-order valence-electron chi connectivity index (χ0n) is 9.82. The first-order valence-electron chi connectivity index (χ1n) is 5.32. The van der Waals surface area contributed by atoms with Crippen molar-refractivity contribution < 1.29 is 0 Å². The second-order valence-electron chi connectivity index (χ2n) is 4.12. The van der Waals surface area contributed by atoms with E-state index in [1.54, 1.807) is 11.3 Å². The summed E-state index contributed by atoms with van der Waals surface area (Å²) in [6.07, 6.45) is 0. The van der Waals surface area contributed by atoms with Gasteiger partial charge in [-0.25, -0.2) is 4.98 Å². The maximum atomic E-state index is 6.25. The first-order valence-corrected chi connectivity index (χ1v) is 6.20. The predicted octanol–water partition coefficient (Wildman–Crippen LogP) is 3.12. The number of thiazole rings is 1. The third-order valence-corrected chi connectivity index (χ3v) is 3.97. The smallest absolute Gasteiger partial charge is 0.0798 e. The summed E-state index contributed by atoms with van der Waals surface area (Å²) in [5.41, 5.74) is 12.9. The molecule has 16 heavy (non-hydrogen) atoms. The third-order valence-electron chi connectivity index (χ3n) is 2.96. The van der Waals surface area contributed by atoms with E-state index in [2.05, 4.69) is 37.0 Å². The van der Waals surface area contributed by atoms with Crippen molar-refractivity contribution in [1.82, 2.24) is 4.98 Å². The topological polar surface area (TPSA) is 38.9 Å². The highest BCUT2D eigenvalue weighted by Gasteiger charge is 2.13. The van der Waals surface area contributed by atoms with Crippen LogP contribution in [-0.4, -0.2) is 4.98 Å². The van der Waals surface area contributed by atoms with Gasteiger partial charge in [-0.2, -0.15) is 0 Å². The lowest BCUT2D eigenvalue weighted by Crippen LogP contribution is -2.11. The van der Waals surface area contributed by atoms with Crippen LogP contribution in [0.2, 0.25) is 0 Å². The molecule has 2 aromatic rings. The van der Waals surface area contributed by atoms with Crippen molar-refractivity contribution in [3.05, 3.63) is 51.0 Å². The van der Waals surface area contributed by atoms with Crippen molar-refractivity contribution in [3.63, 3.8) is 0 Å². The molecule has 1 unspecified atom stereocenters. The minimum atomic E-state index is -0.0493. The van der Waals surface area contributed by atoms with Crippen molar-refractivity contribution >= 4 is 11.3 Å². The molecule has 1 atom stereocenters. The number of aromatic nitrogens is 1. The van der Waals surface area contributed by atoms with Gasteiger partial charge in [-0.1, -0.05) is 18.2 Å². The van der Waals surface area contributed by atoms with E-state index in [0.29, 0.717) is 0 Å². The Bertz CT molecular complexity index is 502. The number of nitrogens with two attached hydrogens (primary N) is 1. The largest absolute Gasteiger partial charge is 0.320 e. The molecule has 84 valence electrons. The molecule has 0 aliphatic heterocycles. The van der Waals surface area contributed by atoms with Crippen molar-refractivity contribution in [2.24, 2.45) is 5.73 Å². The van der Waals surface area contributed by atoms with E-state index in [-0.39, 0.29) is 6.04 Å². The predicted molar refractivity (Wildman–Crippen MR) is 68.8 cm³/mol. The van der Waals surface area contributed by atoms with Crippen molar-refractivity contribution in [2.75, 3.05) is 0 Å². The molecule has 0 aliphatic carbocycles. The number of benzene rings is 1. The van der Waals surface area contributed by atoms with Crippen LogP contribution in [0.15, 0.2) is 23.7 Å². The molecule has 2 nitrogen and oxygen atoms in total. The van der Waals surface area contributed by atoms with Crippen LogP contribution in [0.25, 0.3) is 0 Å². The average molecular weight is 232 g/mol. The molecule has 0 fully saturated rings. The molecule has 0 saturated heterocycles. The van der Waals surface area contributed by atoms with Gasteiger partial charge in [-0.05, 0) is 37.5 Å². The fourth-order valence-corrected chi connectivity index (χ4v) is 2.55. The van der Waals surface area contributed by atoms with E-state index in [9.17, 15) is 0 Å². The van der Waals surface area contributed by atoms with Crippen molar-refractivity contribution in [1.29, 1.82) is 0 Å². The Balaban J connectivity index is 2.38. The first kappa shape index (κ1) is 11.3. The molecular formula is C13H16N2S. The molecule has 0 amide bonds. The molecule has 0 saturated carbocycles. The Morgan fingerprint density at radius 2 is 1.94 bits per heavy atom. The minimum absolute atomic E-state index is 0.0493. The molecule has 2 N–H and O–H groups in total. The van der Waals surface area contributed by atoms with Gasteiger partial charge in [0.2, 0.25) is 0 Å². The van der Waals surface area contributed by atoms with E-state index < -0.39 is 0 Å². The molecule has 0 spiro atoms. The van der Waals surface area contributed by atoms with Gasteiger partial charge < -0.3 is 5.73 Å². The standard InChI is InChI=1S/C13H16N2S/c1-8-4-5-11(6-9(8)2)12(14)13-10(3)15-7-16-13/h4-7,12H,14H2,1-3H3. The van der Waals surface area contributed by atoms with Crippen LogP contribution in [0.3, 0.4) is 0 Å². The average Bonchev–Trinajstić information content (AvgIpc) is 2.67. The quantitative estimate of drug-likeness (QED) is 0.864. The molecule has 3 heteroatoms. The van der Waals surface area contributed by atoms with Gasteiger partial charge in [-0.15, -0.1) is 11.3 Å². The summed E-state index contributed by atoms with van der Waals surface area (Å²) in [5.74, 6) is 0. The number of aryl methyl sites for hydroxylation is 3.